The van der Waals surface area contributed by atoms with Crippen LogP contribution in [-0.4, -0.2) is 43.3 Å². The molecule has 4 atom stereocenters. The van der Waals surface area contributed by atoms with Crippen LogP contribution in [0, 0.1) is 23.6 Å². The maximum Gasteiger partial charge on any atom is 0.238 e. The highest BCUT2D eigenvalue weighted by molar-refractivity contribution is 6.22. The number of amides is 2. The number of hydrogen-bond acceptors (Lipinski definition) is 5. The molecule has 2 aromatic carbocycles. The fourth-order valence-electron chi connectivity index (χ4n) is 6.37. The minimum Gasteiger partial charge on any atom is -0.505 e. The highest BCUT2D eigenvalue weighted by atomic mass is 19.1. The molecule has 0 spiro atoms. The lowest BCUT2D eigenvalue weighted by Gasteiger charge is -2.31. The first-order valence-corrected chi connectivity index (χ1v) is 13.4. The second kappa shape index (κ2) is 11.2. The summed E-state index contributed by atoms with van der Waals surface area (Å²) in [5, 5.41) is 9.51. The van der Waals surface area contributed by atoms with E-state index < -0.39 is 17.7 Å². The van der Waals surface area contributed by atoms with Crippen molar-refractivity contribution in [1.29, 1.82) is 0 Å². The Labute approximate surface area is 222 Å². The van der Waals surface area contributed by atoms with Crippen molar-refractivity contribution >= 4 is 23.6 Å². The molecule has 0 saturated carbocycles. The number of fused-ring (bicyclic) bond motifs is 3. The van der Waals surface area contributed by atoms with Gasteiger partial charge in [0.2, 0.25) is 11.8 Å². The standard InChI is InChI=1S/C31H34FNO5/c1-3-7-19(14-20-10-12-26(34)25(32)15-20)11-13-27-28-21(17-37-2)16-23-29(24(28)18-38-27)31(36)33(30(23)35)22-8-5-4-6-9-22/h4-6,8-10,12,14-15,23-24,27,29,34H,3,7,11,13,16-18H2,1-2H3/b19-14+/t23-,24+,27-,29-/m1/s1. The third kappa shape index (κ3) is 4.93. The molecule has 3 aliphatic rings. The summed E-state index contributed by atoms with van der Waals surface area (Å²) in [6.45, 7) is 2.92. The molecule has 1 N–H and O–H groups in total. The van der Waals surface area contributed by atoms with Gasteiger partial charge in [-0.2, -0.15) is 0 Å². The van der Waals surface area contributed by atoms with Crippen LogP contribution >= 0.6 is 0 Å². The van der Waals surface area contributed by atoms with Crippen LogP contribution in [0.25, 0.3) is 6.08 Å². The van der Waals surface area contributed by atoms with Crippen molar-refractivity contribution in [3.63, 3.8) is 0 Å². The average Bonchev–Trinajstić information content (AvgIpc) is 3.44. The van der Waals surface area contributed by atoms with Crippen molar-refractivity contribution in [2.45, 2.75) is 45.1 Å². The van der Waals surface area contributed by atoms with Crippen molar-refractivity contribution in [2.24, 2.45) is 17.8 Å². The Hall–Kier alpha value is -3.29. The van der Waals surface area contributed by atoms with Crippen LogP contribution in [0.1, 0.15) is 44.6 Å². The highest BCUT2D eigenvalue weighted by Crippen LogP contribution is 2.50. The lowest BCUT2D eigenvalue weighted by atomic mass is 9.69. The number of aromatic hydroxyl groups is 1. The number of carbonyl (C=O) groups is 2. The van der Waals surface area contributed by atoms with Gasteiger partial charge in [0, 0.05) is 13.0 Å². The van der Waals surface area contributed by atoms with Gasteiger partial charge in [-0.25, -0.2) is 4.39 Å². The fourth-order valence-corrected chi connectivity index (χ4v) is 6.37. The number of para-hydroxylation sites is 1. The molecule has 0 aromatic heterocycles. The first kappa shape index (κ1) is 26.3. The van der Waals surface area contributed by atoms with Crippen molar-refractivity contribution in [1.82, 2.24) is 0 Å². The van der Waals surface area contributed by atoms with Crippen LogP contribution < -0.4 is 4.90 Å². The third-order valence-electron chi connectivity index (χ3n) is 7.98. The Morgan fingerprint density at radius 1 is 1.13 bits per heavy atom. The van der Waals surface area contributed by atoms with Gasteiger partial charge in [0.25, 0.3) is 0 Å². The molecule has 38 heavy (non-hydrogen) atoms. The lowest BCUT2D eigenvalue weighted by Crippen LogP contribution is -2.35. The van der Waals surface area contributed by atoms with Crippen molar-refractivity contribution in [3.8, 4) is 5.75 Å². The topological polar surface area (TPSA) is 76.1 Å². The van der Waals surface area contributed by atoms with Crippen molar-refractivity contribution in [3.05, 3.63) is 76.6 Å². The molecule has 2 aromatic rings. The number of benzene rings is 2. The minimum atomic E-state index is -0.636. The molecule has 0 unspecified atom stereocenters. The largest absolute Gasteiger partial charge is 0.505 e. The summed E-state index contributed by atoms with van der Waals surface area (Å²) < 4.78 is 25.7. The lowest BCUT2D eigenvalue weighted by molar-refractivity contribution is -0.122. The van der Waals surface area contributed by atoms with Crippen molar-refractivity contribution in [2.75, 3.05) is 25.2 Å². The zero-order chi connectivity index (χ0) is 26.8. The molecule has 2 fully saturated rings. The zero-order valence-electron chi connectivity index (χ0n) is 21.9. The van der Waals surface area contributed by atoms with Gasteiger partial charge in [0.15, 0.2) is 11.6 Å². The maximum absolute atomic E-state index is 13.9. The van der Waals surface area contributed by atoms with E-state index in [1.54, 1.807) is 25.3 Å². The Bertz CT molecular complexity index is 1270. The van der Waals surface area contributed by atoms with Gasteiger partial charge in [-0.1, -0.05) is 49.3 Å². The number of hydrogen-bond donors (Lipinski definition) is 1. The molecular weight excluding hydrogens is 485 g/mol. The molecule has 2 amide bonds. The number of nitrogens with zero attached hydrogens (tertiary/aromatic N) is 1. The number of halogens is 1. The van der Waals surface area contributed by atoms with Crippen LogP contribution in [0.3, 0.4) is 0 Å². The molecule has 2 saturated heterocycles. The summed E-state index contributed by atoms with van der Waals surface area (Å²) in [5.41, 5.74) is 4.69. The number of methoxy groups -OCH3 is 1. The molecule has 7 heteroatoms. The normalized spacial score (nSPS) is 25.2. The number of allylic oxidation sites excluding steroid dienone is 1. The number of phenolic OH excluding ortho intramolecular Hbond substituents is 1. The van der Waals surface area contributed by atoms with Gasteiger partial charge in [-0.05, 0) is 66.7 Å². The van der Waals surface area contributed by atoms with Crippen LogP contribution in [0.15, 0.2) is 65.3 Å². The predicted molar refractivity (Wildman–Crippen MR) is 143 cm³/mol. The quantitative estimate of drug-likeness (QED) is 0.342. The molecule has 1 aliphatic carbocycles. The highest BCUT2D eigenvalue weighted by Gasteiger charge is 2.57. The molecule has 0 radical (unpaired) electrons. The maximum atomic E-state index is 13.9. The smallest absolute Gasteiger partial charge is 0.238 e. The number of phenols is 1. The van der Waals surface area contributed by atoms with Gasteiger partial charge < -0.3 is 14.6 Å². The number of carbonyl (C=O) groups excluding carboxylic acids is 2. The minimum absolute atomic E-state index is 0.140. The Morgan fingerprint density at radius 2 is 1.92 bits per heavy atom. The molecule has 5 rings (SSSR count). The van der Waals surface area contributed by atoms with Crippen molar-refractivity contribution < 1.29 is 28.6 Å². The van der Waals surface area contributed by atoms with Crippen LogP contribution in [0.2, 0.25) is 0 Å². The number of anilines is 1. The van der Waals surface area contributed by atoms with Gasteiger partial charge in [0.1, 0.15) is 0 Å². The molecule has 2 aliphatic heterocycles. The summed E-state index contributed by atoms with van der Waals surface area (Å²) in [4.78, 5) is 28.4. The molecule has 2 heterocycles. The summed E-state index contributed by atoms with van der Waals surface area (Å²) in [5.74, 6) is -2.24. The van der Waals surface area contributed by atoms with E-state index >= 15 is 0 Å². The second-order valence-corrected chi connectivity index (χ2v) is 10.4. The van der Waals surface area contributed by atoms with E-state index in [0.717, 1.165) is 36.8 Å². The number of imide groups is 1. The van der Waals surface area contributed by atoms with Gasteiger partial charge >= 0.3 is 0 Å². The summed E-state index contributed by atoms with van der Waals surface area (Å²) in [6.07, 6.45) is 5.64. The van der Waals surface area contributed by atoms with E-state index in [-0.39, 0.29) is 29.6 Å². The predicted octanol–water partition coefficient (Wildman–Crippen LogP) is 5.66. The number of ether oxygens (including phenoxy) is 2. The molecule has 6 nitrogen and oxygen atoms in total. The summed E-state index contributed by atoms with van der Waals surface area (Å²) >= 11 is 0. The van der Waals surface area contributed by atoms with E-state index in [2.05, 4.69) is 6.92 Å². The third-order valence-corrected chi connectivity index (χ3v) is 7.98. The number of rotatable bonds is 9. The van der Waals surface area contributed by atoms with E-state index in [4.69, 9.17) is 9.47 Å². The van der Waals surface area contributed by atoms with Crippen LogP contribution in [0.4, 0.5) is 10.1 Å². The second-order valence-electron chi connectivity index (χ2n) is 10.4. The fraction of sp³-hybridized carbons (Fsp3) is 0.419. The Kier molecular flexibility index (Phi) is 7.77. The monoisotopic (exact) mass is 519 g/mol. The zero-order valence-corrected chi connectivity index (χ0v) is 21.9. The Morgan fingerprint density at radius 3 is 2.63 bits per heavy atom. The molecule has 200 valence electrons. The summed E-state index contributed by atoms with van der Waals surface area (Å²) in [7, 11) is 1.65. The van der Waals surface area contributed by atoms with Gasteiger partial charge in [-0.3, -0.25) is 14.5 Å². The Balaban J connectivity index is 1.38. The van der Waals surface area contributed by atoms with Crippen LogP contribution in [-0.2, 0) is 19.1 Å². The molecular formula is C31H34FNO5. The SMILES string of the molecule is CCC/C(=C\c1ccc(O)c(F)c1)CC[C@H]1OC[C@H]2C1=C(COC)C[C@H]1C(=O)N(c3ccccc3)C(=O)[C@H]12. The summed E-state index contributed by atoms with van der Waals surface area (Å²) in [6, 6.07) is 13.6. The first-order chi connectivity index (χ1) is 18.4. The van der Waals surface area contributed by atoms with E-state index in [0.29, 0.717) is 30.9 Å². The van der Waals surface area contributed by atoms with E-state index in [9.17, 15) is 19.1 Å². The van der Waals surface area contributed by atoms with Gasteiger partial charge in [0.05, 0.1) is 36.8 Å². The van der Waals surface area contributed by atoms with E-state index in [1.165, 1.54) is 22.6 Å². The van der Waals surface area contributed by atoms with Gasteiger partial charge in [-0.15, -0.1) is 0 Å². The average molecular weight is 520 g/mol. The first-order valence-electron chi connectivity index (χ1n) is 13.4. The van der Waals surface area contributed by atoms with E-state index in [1.807, 2.05) is 24.3 Å². The molecule has 0 bridgehead atoms. The van der Waals surface area contributed by atoms with Crippen LogP contribution in [0.5, 0.6) is 5.75 Å².